The fourth-order valence-corrected chi connectivity index (χ4v) is 20.6. The molecular weight excluding hydrogens is 841 g/mol. The highest BCUT2D eigenvalue weighted by molar-refractivity contribution is 5.20. The van der Waals surface area contributed by atoms with E-state index in [1.165, 1.54) is 51.4 Å². The van der Waals surface area contributed by atoms with Gasteiger partial charge in [-0.2, -0.15) is 0 Å². The van der Waals surface area contributed by atoms with Gasteiger partial charge in [-0.05, 0) is 232 Å². The van der Waals surface area contributed by atoms with Crippen molar-refractivity contribution in [2.75, 3.05) is 0 Å². The van der Waals surface area contributed by atoms with E-state index in [4.69, 9.17) is 0 Å². The Bertz CT molecular complexity index is 1690. The van der Waals surface area contributed by atoms with Crippen molar-refractivity contribution < 1.29 is 30.6 Å². The molecule has 6 nitrogen and oxygen atoms in total. The fourth-order valence-electron chi connectivity index (χ4n) is 20.6. The van der Waals surface area contributed by atoms with Crippen LogP contribution in [0.5, 0.6) is 0 Å². The van der Waals surface area contributed by atoms with Gasteiger partial charge in [0.2, 0.25) is 0 Å². The normalized spacial score (nSPS) is 51.0. The Balaban J connectivity index is 1.04. The molecule has 0 unspecified atom stereocenters. The summed E-state index contributed by atoms with van der Waals surface area (Å²) in [5.74, 6) is 7.14. The summed E-state index contributed by atoms with van der Waals surface area (Å²) in [5, 5.41) is 72.0. The molecule has 0 spiro atoms. The molecule has 0 aromatic heterocycles. The molecule has 24 atom stereocenters. The maximum absolute atomic E-state index is 13.4. The molecule has 8 aliphatic rings. The van der Waals surface area contributed by atoms with E-state index < -0.39 is 35.6 Å². The summed E-state index contributed by atoms with van der Waals surface area (Å²) in [4.78, 5) is 0. The van der Waals surface area contributed by atoms with E-state index in [1.807, 2.05) is 0 Å². The molecule has 8 saturated carbocycles. The molecular formula is C62H104O6. The summed E-state index contributed by atoms with van der Waals surface area (Å²) >= 11 is 0. The van der Waals surface area contributed by atoms with Crippen LogP contribution in [-0.2, 0) is 0 Å². The molecule has 0 heterocycles. The molecule has 0 radical (unpaired) electrons. The number of hydrogen-bond donors (Lipinski definition) is 6. The molecule has 0 amide bonds. The lowest BCUT2D eigenvalue weighted by atomic mass is 9.40. The Labute approximate surface area is 416 Å². The second-order valence-electron chi connectivity index (χ2n) is 28.1. The molecule has 0 bridgehead atoms. The van der Waals surface area contributed by atoms with Crippen molar-refractivity contribution in [1.82, 2.24) is 0 Å². The van der Waals surface area contributed by atoms with Gasteiger partial charge in [0.15, 0.2) is 0 Å². The van der Waals surface area contributed by atoms with Gasteiger partial charge in [-0.3, -0.25) is 0 Å². The molecule has 6 heteroatoms. The molecule has 8 rings (SSSR count). The van der Waals surface area contributed by atoms with Crippen LogP contribution >= 0.6 is 0 Å². The zero-order valence-electron chi connectivity index (χ0n) is 45.4. The van der Waals surface area contributed by atoms with Crippen LogP contribution in [-0.4, -0.2) is 66.3 Å². The molecule has 68 heavy (non-hydrogen) atoms. The van der Waals surface area contributed by atoms with Gasteiger partial charge in [0.1, 0.15) is 0 Å². The monoisotopic (exact) mass is 945 g/mol. The van der Waals surface area contributed by atoms with E-state index in [1.54, 1.807) is 0 Å². The average Bonchev–Trinajstić information content (AvgIpc) is 3.82. The van der Waals surface area contributed by atoms with Gasteiger partial charge in [-0.1, -0.05) is 120 Å². The van der Waals surface area contributed by atoms with Crippen molar-refractivity contribution in [3.8, 4) is 0 Å². The van der Waals surface area contributed by atoms with Crippen molar-refractivity contribution in [2.24, 2.45) is 116 Å². The summed E-state index contributed by atoms with van der Waals surface area (Å²) in [6, 6.07) is 0. The number of hydrogen-bond acceptors (Lipinski definition) is 6. The summed E-state index contributed by atoms with van der Waals surface area (Å²) in [6.45, 7) is 28.8. The first-order valence-electron chi connectivity index (χ1n) is 29.1. The maximum Gasteiger partial charge on any atom is 0.0804 e. The van der Waals surface area contributed by atoms with Crippen molar-refractivity contribution in [2.45, 2.75) is 234 Å². The van der Waals surface area contributed by atoms with Crippen LogP contribution < -0.4 is 0 Å². The molecule has 0 aromatic carbocycles. The SMILES string of the molecule is CC[C@H](/C=C/[C@@H](C)[C@H]1CC[C@H]2[C@@H]3C[C@](O)(C/C=C/C[C@@]4(O)C[C@@H]5[C@H](CC[C@]6(C)[C@@H]([C@H](C)/C=C/[C@@H](CC)C(C)C)CC[C@@H]56)[C@@]5(C)C[C@@H](O)[C@@H](O)C[C@H]45)[C@H]4C[C@H](O)[C@H](O)C[C@]4(C)[C@H]3CC[C@]12C)C(C)C. The minimum atomic E-state index is -1.03. The van der Waals surface area contributed by atoms with Crippen LogP contribution in [0.1, 0.15) is 199 Å². The molecule has 0 saturated heterocycles. The second kappa shape index (κ2) is 19.7. The minimum Gasteiger partial charge on any atom is -0.390 e. The number of allylic oxidation sites excluding steroid dienone is 4. The van der Waals surface area contributed by atoms with Gasteiger partial charge in [0, 0.05) is 0 Å². The van der Waals surface area contributed by atoms with Crippen LogP contribution in [0, 0.1) is 116 Å². The molecule has 6 N–H and O–H groups in total. The molecule has 388 valence electrons. The summed E-state index contributed by atoms with van der Waals surface area (Å²) < 4.78 is 0. The molecule has 0 aliphatic heterocycles. The van der Waals surface area contributed by atoms with Gasteiger partial charge in [-0.25, -0.2) is 0 Å². The third-order valence-electron chi connectivity index (χ3n) is 24.3. The third-order valence-corrected chi connectivity index (χ3v) is 24.3. The number of rotatable bonds is 14. The van der Waals surface area contributed by atoms with E-state index in [-0.39, 0.29) is 33.5 Å². The van der Waals surface area contributed by atoms with E-state index in [0.29, 0.717) is 121 Å². The smallest absolute Gasteiger partial charge is 0.0804 e. The van der Waals surface area contributed by atoms with Gasteiger partial charge in [0.25, 0.3) is 0 Å². The summed E-state index contributed by atoms with van der Waals surface area (Å²) in [6.07, 6.45) is 27.5. The van der Waals surface area contributed by atoms with E-state index >= 15 is 0 Å². The van der Waals surface area contributed by atoms with Crippen LogP contribution in [0.25, 0.3) is 0 Å². The zero-order chi connectivity index (χ0) is 49.5. The number of fused-ring (bicyclic) bond motifs is 10. The first-order valence-corrected chi connectivity index (χ1v) is 29.1. The van der Waals surface area contributed by atoms with Gasteiger partial charge in [-0.15, -0.1) is 0 Å². The highest BCUT2D eigenvalue weighted by Crippen LogP contribution is 2.72. The van der Waals surface area contributed by atoms with Gasteiger partial charge in [0.05, 0.1) is 35.6 Å². The van der Waals surface area contributed by atoms with Crippen LogP contribution in [0.15, 0.2) is 36.5 Å². The highest BCUT2D eigenvalue weighted by Gasteiger charge is 2.68. The lowest BCUT2D eigenvalue weighted by Crippen LogP contribution is -2.65. The van der Waals surface area contributed by atoms with Crippen molar-refractivity contribution >= 4 is 0 Å². The Kier molecular flexibility index (Phi) is 15.4. The Morgan fingerprint density at radius 3 is 1.15 bits per heavy atom. The third kappa shape index (κ3) is 8.99. The van der Waals surface area contributed by atoms with Gasteiger partial charge < -0.3 is 30.6 Å². The Hall–Kier alpha value is -1.02. The van der Waals surface area contributed by atoms with E-state index in [2.05, 4.69) is 120 Å². The number of aliphatic hydroxyl groups is 6. The van der Waals surface area contributed by atoms with Crippen LogP contribution in [0.2, 0.25) is 0 Å². The second-order valence-corrected chi connectivity index (χ2v) is 28.1. The predicted octanol–water partition coefficient (Wildman–Crippen LogP) is 12.7. The van der Waals surface area contributed by atoms with Gasteiger partial charge >= 0.3 is 0 Å². The molecule has 8 aliphatic carbocycles. The molecule has 8 fully saturated rings. The first kappa shape index (κ1) is 53.3. The minimum absolute atomic E-state index is 0.118. The van der Waals surface area contributed by atoms with Crippen molar-refractivity contribution in [3.05, 3.63) is 36.5 Å². The van der Waals surface area contributed by atoms with Crippen LogP contribution in [0.4, 0.5) is 0 Å². The summed E-state index contributed by atoms with van der Waals surface area (Å²) in [5.41, 5.74) is -2.18. The fraction of sp³-hybridized carbons (Fsp3) is 0.903. The maximum atomic E-state index is 13.4. The summed E-state index contributed by atoms with van der Waals surface area (Å²) in [7, 11) is 0. The zero-order valence-corrected chi connectivity index (χ0v) is 45.4. The lowest BCUT2D eigenvalue weighted by molar-refractivity contribution is -0.233. The quantitative estimate of drug-likeness (QED) is 0.0965. The Morgan fingerprint density at radius 1 is 0.456 bits per heavy atom. The van der Waals surface area contributed by atoms with Crippen LogP contribution in [0.3, 0.4) is 0 Å². The highest BCUT2D eigenvalue weighted by atomic mass is 16.3. The average molecular weight is 946 g/mol. The predicted molar refractivity (Wildman–Crippen MR) is 278 cm³/mol. The number of aliphatic hydroxyl groups excluding tert-OH is 4. The van der Waals surface area contributed by atoms with E-state index in [0.717, 1.165) is 25.7 Å². The van der Waals surface area contributed by atoms with Crippen molar-refractivity contribution in [1.29, 1.82) is 0 Å². The van der Waals surface area contributed by atoms with Crippen molar-refractivity contribution in [3.63, 3.8) is 0 Å². The Morgan fingerprint density at radius 2 is 0.809 bits per heavy atom. The standard InChI is InChI=1S/C62H104O6/c1-13-41(37(3)4)19-17-39(7)45-21-23-47-43-33-61(67,55-31-51(63)53(65)35-59(55,11)49(43)25-29-57(45,47)9)27-15-16-28-62(68)34-44-48-24-22-46(40(8)18-20-42(14-2)38(5)6)58(48,10)30-26-50(44)60(12)36-54(66)52(64)32-56(60)62/h15-20,37-56,63-68H,13-14,21-36H2,1-12H3/b16-15+,19-17+,20-18+/t39-,40-,41-,42-,43+,44+,45-,46-,47+,48+,49+,50+,51+,52+,53-,54-,55+,56+,57-,58-,59-,60-,61-,62-/m1/s1. The lowest BCUT2D eigenvalue weighted by Gasteiger charge is -2.66. The first-order chi connectivity index (χ1) is 31.9. The van der Waals surface area contributed by atoms with E-state index in [9.17, 15) is 30.6 Å². The largest absolute Gasteiger partial charge is 0.390 e. The topological polar surface area (TPSA) is 121 Å². The molecule has 0 aromatic rings.